The van der Waals surface area contributed by atoms with Crippen LogP contribution in [0.15, 0.2) is 54.6 Å². The molecule has 0 aliphatic rings. The molecule has 0 aliphatic heterocycles. The molecule has 0 unspecified atom stereocenters. The van der Waals surface area contributed by atoms with E-state index in [1.54, 1.807) is 23.1 Å². The summed E-state index contributed by atoms with van der Waals surface area (Å²) in [5, 5.41) is 2.67. The molecule has 132 valence electrons. The number of benzene rings is 2. The van der Waals surface area contributed by atoms with E-state index >= 15 is 0 Å². The molecule has 0 spiro atoms. The lowest BCUT2D eigenvalue weighted by atomic mass is 10.2. The number of nitrogens with zero attached hydrogens (tertiary/aromatic N) is 1. The van der Waals surface area contributed by atoms with Gasteiger partial charge in [0.05, 0.1) is 20.2 Å². The van der Waals surface area contributed by atoms with Crippen LogP contribution >= 0.6 is 0 Å². The molecule has 5 nitrogen and oxygen atoms in total. The highest BCUT2D eigenvalue weighted by Gasteiger charge is 2.15. The number of nitrogens with one attached hydrogen (secondary N) is 1. The topological polar surface area (TPSA) is 58.6 Å². The van der Waals surface area contributed by atoms with Crippen LogP contribution in [0.1, 0.15) is 11.1 Å². The van der Waals surface area contributed by atoms with Crippen LogP contribution in [-0.4, -0.2) is 37.0 Å². The Morgan fingerprint density at radius 2 is 1.72 bits per heavy atom. The molecule has 2 rings (SSSR count). The van der Waals surface area contributed by atoms with Gasteiger partial charge >= 0.3 is 5.97 Å². The predicted octanol–water partition coefficient (Wildman–Crippen LogP) is 2.12. The summed E-state index contributed by atoms with van der Waals surface area (Å²) in [5.74, 6) is -1.07. The standard InChI is InChI=1S/C19H21FN2O3/c1-25-19(24)14-22(12-15-7-3-2-4-8-15)13-18(23)21-11-16-9-5-6-10-17(16)20/h2-10H,11-14H2,1H3,(H,21,23). The summed E-state index contributed by atoms with van der Waals surface area (Å²) >= 11 is 0. The summed E-state index contributed by atoms with van der Waals surface area (Å²) in [7, 11) is 1.31. The van der Waals surface area contributed by atoms with Gasteiger partial charge in [-0.2, -0.15) is 0 Å². The largest absolute Gasteiger partial charge is 0.468 e. The Morgan fingerprint density at radius 3 is 2.40 bits per heavy atom. The summed E-state index contributed by atoms with van der Waals surface area (Å²) in [6.45, 7) is 0.545. The van der Waals surface area contributed by atoms with Gasteiger partial charge in [0, 0.05) is 18.7 Å². The van der Waals surface area contributed by atoms with Crippen molar-refractivity contribution in [1.29, 1.82) is 0 Å². The van der Waals surface area contributed by atoms with Crippen LogP contribution in [0.4, 0.5) is 4.39 Å². The second kappa shape index (κ2) is 9.54. The van der Waals surface area contributed by atoms with Gasteiger partial charge in [0.1, 0.15) is 5.82 Å². The molecule has 2 aromatic carbocycles. The van der Waals surface area contributed by atoms with E-state index in [9.17, 15) is 14.0 Å². The number of esters is 1. The lowest BCUT2D eigenvalue weighted by Crippen LogP contribution is -2.39. The molecule has 0 atom stereocenters. The van der Waals surface area contributed by atoms with Crippen molar-refractivity contribution in [3.05, 3.63) is 71.5 Å². The van der Waals surface area contributed by atoms with Crippen LogP contribution < -0.4 is 5.32 Å². The van der Waals surface area contributed by atoms with Gasteiger partial charge in [0.15, 0.2) is 0 Å². The normalized spacial score (nSPS) is 10.5. The van der Waals surface area contributed by atoms with Gasteiger partial charge < -0.3 is 10.1 Å². The van der Waals surface area contributed by atoms with Crippen molar-refractivity contribution in [1.82, 2.24) is 10.2 Å². The molecule has 2 aromatic rings. The minimum Gasteiger partial charge on any atom is -0.468 e. The van der Waals surface area contributed by atoms with Crippen molar-refractivity contribution < 1.29 is 18.7 Å². The van der Waals surface area contributed by atoms with E-state index < -0.39 is 5.97 Å². The summed E-state index contributed by atoms with van der Waals surface area (Å²) in [4.78, 5) is 25.4. The van der Waals surface area contributed by atoms with Crippen LogP contribution in [0, 0.1) is 5.82 Å². The van der Waals surface area contributed by atoms with E-state index in [2.05, 4.69) is 10.1 Å². The highest BCUT2D eigenvalue weighted by molar-refractivity contribution is 5.79. The number of carbonyl (C=O) groups is 2. The van der Waals surface area contributed by atoms with Crippen molar-refractivity contribution in [2.75, 3.05) is 20.2 Å². The molecular weight excluding hydrogens is 323 g/mol. The third-order valence-electron chi connectivity index (χ3n) is 3.63. The molecule has 0 radical (unpaired) electrons. The highest BCUT2D eigenvalue weighted by atomic mass is 19.1. The van der Waals surface area contributed by atoms with E-state index in [0.717, 1.165) is 5.56 Å². The minimum atomic E-state index is -0.419. The molecule has 0 saturated carbocycles. The van der Waals surface area contributed by atoms with Gasteiger partial charge in [-0.15, -0.1) is 0 Å². The molecule has 0 saturated heterocycles. The number of hydrogen-bond acceptors (Lipinski definition) is 4. The molecule has 6 heteroatoms. The molecule has 0 aromatic heterocycles. The molecule has 0 heterocycles. The van der Waals surface area contributed by atoms with E-state index in [1.807, 2.05) is 30.3 Å². The zero-order valence-electron chi connectivity index (χ0n) is 14.1. The number of ether oxygens (including phenoxy) is 1. The van der Waals surface area contributed by atoms with E-state index in [4.69, 9.17) is 0 Å². The van der Waals surface area contributed by atoms with Gasteiger partial charge in [0.2, 0.25) is 5.91 Å². The van der Waals surface area contributed by atoms with Crippen molar-refractivity contribution in [2.45, 2.75) is 13.1 Å². The van der Waals surface area contributed by atoms with E-state index in [-0.39, 0.29) is 31.4 Å². The Morgan fingerprint density at radius 1 is 1.04 bits per heavy atom. The maximum atomic E-state index is 13.6. The second-order valence-corrected chi connectivity index (χ2v) is 5.58. The summed E-state index contributed by atoms with van der Waals surface area (Å²) in [6, 6.07) is 15.8. The fourth-order valence-corrected chi connectivity index (χ4v) is 2.35. The maximum Gasteiger partial charge on any atom is 0.319 e. The number of carbonyl (C=O) groups excluding carboxylic acids is 2. The van der Waals surface area contributed by atoms with Crippen molar-refractivity contribution >= 4 is 11.9 Å². The maximum absolute atomic E-state index is 13.6. The first kappa shape index (κ1) is 18.6. The second-order valence-electron chi connectivity index (χ2n) is 5.58. The number of methoxy groups -OCH3 is 1. The summed E-state index contributed by atoms with van der Waals surface area (Å²) in [5.41, 5.74) is 1.40. The highest BCUT2D eigenvalue weighted by Crippen LogP contribution is 2.07. The first-order chi connectivity index (χ1) is 12.1. The Balaban J connectivity index is 1.94. The number of amides is 1. The van der Waals surface area contributed by atoms with Crippen molar-refractivity contribution in [3.63, 3.8) is 0 Å². The van der Waals surface area contributed by atoms with E-state index in [0.29, 0.717) is 12.1 Å². The van der Waals surface area contributed by atoms with E-state index in [1.165, 1.54) is 13.2 Å². The quantitative estimate of drug-likeness (QED) is 0.745. The Hall–Kier alpha value is -2.73. The van der Waals surface area contributed by atoms with Crippen LogP contribution in [0.3, 0.4) is 0 Å². The number of hydrogen-bond donors (Lipinski definition) is 1. The van der Waals surface area contributed by atoms with Crippen molar-refractivity contribution in [2.24, 2.45) is 0 Å². The fourth-order valence-electron chi connectivity index (χ4n) is 2.35. The number of rotatable bonds is 8. The van der Waals surface area contributed by atoms with Crippen LogP contribution in [0.2, 0.25) is 0 Å². The average Bonchev–Trinajstić information content (AvgIpc) is 2.61. The zero-order valence-corrected chi connectivity index (χ0v) is 14.1. The third-order valence-corrected chi connectivity index (χ3v) is 3.63. The van der Waals surface area contributed by atoms with Crippen LogP contribution in [0.5, 0.6) is 0 Å². The number of halogens is 1. The zero-order chi connectivity index (χ0) is 18.1. The first-order valence-corrected chi connectivity index (χ1v) is 7.91. The SMILES string of the molecule is COC(=O)CN(CC(=O)NCc1ccccc1F)Cc1ccccc1. The van der Waals surface area contributed by atoms with Crippen molar-refractivity contribution in [3.8, 4) is 0 Å². The molecule has 1 N–H and O–H groups in total. The minimum absolute atomic E-state index is 0.00148. The Labute approximate surface area is 146 Å². The summed E-state index contributed by atoms with van der Waals surface area (Å²) in [6.07, 6.45) is 0. The van der Waals surface area contributed by atoms with Gasteiger partial charge in [-0.3, -0.25) is 14.5 Å². The lowest BCUT2D eigenvalue weighted by Gasteiger charge is -2.20. The summed E-state index contributed by atoms with van der Waals surface area (Å²) < 4.78 is 18.3. The molecule has 0 aliphatic carbocycles. The molecule has 25 heavy (non-hydrogen) atoms. The molecular formula is C19H21FN2O3. The van der Waals surface area contributed by atoms with Crippen LogP contribution in [0.25, 0.3) is 0 Å². The van der Waals surface area contributed by atoms with Gasteiger partial charge in [-0.25, -0.2) is 4.39 Å². The fraction of sp³-hybridized carbons (Fsp3) is 0.263. The van der Waals surface area contributed by atoms with Crippen LogP contribution in [-0.2, 0) is 27.4 Å². The predicted molar refractivity (Wildman–Crippen MR) is 92.0 cm³/mol. The third kappa shape index (κ3) is 6.35. The Kier molecular flexibility index (Phi) is 7.10. The monoisotopic (exact) mass is 344 g/mol. The van der Waals surface area contributed by atoms with Gasteiger partial charge in [0.25, 0.3) is 0 Å². The first-order valence-electron chi connectivity index (χ1n) is 7.91. The average molecular weight is 344 g/mol. The van der Waals surface area contributed by atoms with Gasteiger partial charge in [-0.05, 0) is 11.6 Å². The molecule has 0 bridgehead atoms. The Bertz CT molecular complexity index is 707. The molecule has 0 fully saturated rings. The van der Waals surface area contributed by atoms with Gasteiger partial charge in [-0.1, -0.05) is 48.5 Å². The lowest BCUT2D eigenvalue weighted by molar-refractivity contribution is -0.142. The smallest absolute Gasteiger partial charge is 0.319 e. The molecule has 1 amide bonds.